The van der Waals surface area contributed by atoms with Crippen LogP contribution in [0.25, 0.3) is 0 Å². The Morgan fingerprint density at radius 3 is 3.00 bits per heavy atom. The Hall–Kier alpha value is -3.00. The number of fused-ring (bicyclic) bond motifs is 1. The van der Waals surface area contributed by atoms with Crippen molar-refractivity contribution in [3.8, 4) is 0 Å². The molecule has 30 heavy (non-hydrogen) atoms. The second-order valence-electron chi connectivity index (χ2n) is 7.71. The minimum absolute atomic E-state index is 0.119. The molecule has 0 spiro atoms. The molecule has 0 atom stereocenters. The molecular formula is C22H24N6OS. The summed E-state index contributed by atoms with van der Waals surface area (Å²) >= 11 is 1.85. The minimum atomic E-state index is -0.119. The van der Waals surface area contributed by atoms with Gasteiger partial charge in [-0.3, -0.25) is 9.78 Å². The molecule has 1 fully saturated rings. The van der Waals surface area contributed by atoms with Gasteiger partial charge in [0, 0.05) is 55.4 Å². The average Bonchev–Trinajstić information content (AvgIpc) is 3.54. The third kappa shape index (κ3) is 4.28. The molecule has 0 aromatic carbocycles. The van der Waals surface area contributed by atoms with E-state index >= 15 is 0 Å². The quantitative estimate of drug-likeness (QED) is 0.571. The maximum atomic E-state index is 12.1. The van der Waals surface area contributed by atoms with Gasteiger partial charge in [0.15, 0.2) is 0 Å². The molecule has 1 aliphatic heterocycles. The Labute approximate surface area is 179 Å². The Kier molecular flexibility index (Phi) is 5.31. The third-order valence-electron chi connectivity index (χ3n) is 5.44. The highest BCUT2D eigenvalue weighted by Crippen LogP contribution is 2.39. The van der Waals surface area contributed by atoms with Gasteiger partial charge in [-0.2, -0.15) is 0 Å². The molecule has 7 nitrogen and oxygen atoms in total. The first-order chi connectivity index (χ1) is 14.8. The van der Waals surface area contributed by atoms with Crippen molar-refractivity contribution < 1.29 is 4.79 Å². The van der Waals surface area contributed by atoms with Crippen molar-refractivity contribution in [2.75, 3.05) is 29.9 Å². The lowest BCUT2D eigenvalue weighted by Gasteiger charge is -2.28. The van der Waals surface area contributed by atoms with Gasteiger partial charge in [-0.15, -0.1) is 11.3 Å². The van der Waals surface area contributed by atoms with Gasteiger partial charge < -0.3 is 15.5 Å². The summed E-state index contributed by atoms with van der Waals surface area (Å²) in [5.74, 6) is 3.12. The van der Waals surface area contributed by atoms with Crippen molar-refractivity contribution in [3.05, 3.63) is 63.9 Å². The molecule has 0 radical (unpaired) electrons. The lowest BCUT2D eigenvalue weighted by Crippen LogP contribution is -2.31. The Morgan fingerprint density at radius 2 is 2.17 bits per heavy atom. The van der Waals surface area contributed by atoms with Gasteiger partial charge in [0.2, 0.25) is 0 Å². The number of nitrogens with zero attached hydrogens (tertiary/aromatic N) is 4. The summed E-state index contributed by atoms with van der Waals surface area (Å²) in [5, 5.41) is 8.45. The molecule has 3 aromatic heterocycles. The van der Waals surface area contributed by atoms with E-state index in [1.54, 1.807) is 24.5 Å². The number of carbonyl (C=O) groups is 1. The number of pyridine rings is 1. The van der Waals surface area contributed by atoms with Crippen LogP contribution in [0.15, 0.2) is 42.0 Å². The van der Waals surface area contributed by atoms with Crippen LogP contribution in [0, 0.1) is 0 Å². The number of hydrogen-bond donors (Lipinski definition) is 2. The van der Waals surface area contributed by atoms with Crippen molar-refractivity contribution in [1.82, 2.24) is 20.3 Å². The van der Waals surface area contributed by atoms with E-state index in [9.17, 15) is 4.79 Å². The second kappa shape index (κ2) is 8.39. The molecule has 5 rings (SSSR count). The number of rotatable bonds is 7. The van der Waals surface area contributed by atoms with E-state index in [0.29, 0.717) is 24.6 Å². The molecule has 8 heteroatoms. The van der Waals surface area contributed by atoms with Crippen LogP contribution in [0.1, 0.15) is 45.4 Å². The number of nitrogens with one attached hydrogen (secondary N) is 2. The highest BCUT2D eigenvalue weighted by molar-refractivity contribution is 7.10. The third-order valence-corrected chi connectivity index (χ3v) is 6.47. The molecule has 2 N–H and O–H groups in total. The zero-order valence-electron chi connectivity index (χ0n) is 16.7. The number of hydrogen-bond acceptors (Lipinski definition) is 7. The van der Waals surface area contributed by atoms with Gasteiger partial charge in [-0.05, 0) is 48.4 Å². The van der Waals surface area contributed by atoms with Crippen molar-refractivity contribution in [2.24, 2.45) is 0 Å². The molecule has 2 aliphatic rings. The first-order valence-corrected chi connectivity index (χ1v) is 11.3. The first kappa shape index (κ1) is 19.0. The molecular weight excluding hydrogens is 396 g/mol. The van der Waals surface area contributed by atoms with Crippen molar-refractivity contribution in [3.63, 3.8) is 0 Å². The number of aromatic nitrogens is 3. The standard InChI is InChI=1S/C22H24N6OS/c29-22(16-2-1-7-23-13-16)25-9-8-24-19-12-20(27-21(26-19)15-3-4-15)28-10-5-18-17(14-28)6-11-30-18/h1-2,6-7,11-13,15H,3-5,8-10,14H2,(H,25,29)(H,24,26,27). The Morgan fingerprint density at radius 1 is 1.23 bits per heavy atom. The van der Waals surface area contributed by atoms with Crippen molar-refractivity contribution in [2.45, 2.75) is 31.7 Å². The summed E-state index contributed by atoms with van der Waals surface area (Å²) in [7, 11) is 0. The van der Waals surface area contributed by atoms with Crippen LogP contribution in [-0.4, -0.2) is 40.5 Å². The minimum Gasteiger partial charge on any atom is -0.368 e. The van der Waals surface area contributed by atoms with Crippen LogP contribution in [0.4, 0.5) is 11.6 Å². The highest BCUT2D eigenvalue weighted by Gasteiger charge is 2.28. The molecule has 0 saturated heterocycles. The maximum absolute atomic E-state index is 12.1. The molecule has 1 saturated carbocycles. The van der Waals surface area contributed by atoms with Gasteiger partial charge in [0.25, 0.3) is 5.91 Å². The molecule has 1 aliphatic carbocycles. The zero-order chi connectivity index (χ0) is 20.3. The van der Waals surface area contributed by atoms with E-state index in [1.165, 1.54) is 23.3 Å². The highest BCUT2D eigenvalue weighted by atomic mass is 32.1. The molecule has 3 aromatic rings. The Bertz CT molecular complexity index is 1030. The average molecular weight is 421 g/mol. The fourth-order valence-corrected chi connectivity index (χ4v) is 4.53. The SMILES string of the molecule is O=C(NCCNc1cc(N2CCc3sccc3C2)nc(C2CC2)n1)c1cccnc1. The largest absolute Gasteiger partial charge is 0.368 e. The first-order valence-electron chi connectivity index (χ1n) is 10.4. The van der Waals surface area contributed by atoms with Crippen LogP contribution < -0.4 is 15.5 Å². The maximum Gasteiger partial charge on any atom is 0.252 e. The second-order valence-corrected chi connectivity index (χ2v) is 8.71. The smallest absolute Gasteiger partial charge is 0.252 e. The van der Waals surface area contributed by atoms with E-state index in [-0.39, 0.29) is 5.91 Å². The molecule has 154 valence electrons. The van der Waals surface area contributed by atoms with E-state index in [2.05, 4.69) is 32.0 Å². The fourth-order valence-electron chi connectivity index (χ4n) is 3.64. The molecule has 0 bridgehead atoms. The van der Waals surface area contributed by atoms with E-state index in [0.717, 1.165) is 37.0 Å². The fraction of sp³-hybridized carbons (Fsp3) is 0.364. The molecule has 4 heterocycles. The van der Waals surface area contributed by atoms with Gasteiger partial charge in [-0.25, -0.2) is 9.97 Å². The number of amides is 1. The van der Waals surface area contributed by atoms with Crippen LogP contribution in [0.5, 0.6) is 0 Å². The van der Waals surface area contributed by atoms with E-state index < -0.39 is 0 Å². The summed E-state index contributed by atoms with van der Waals surface area (Å²) in [4.78, 5) is 29.6. The molecule has 1 amide bonds. The van der Waals surface area contributed by atoms with Crippen LogP contribution in [0.3, 0.4) is 0 Å². The van der Waals surface area contributed by atoms with Crippen LogP contribution >= 0.6 is 11.3 Å². The predicted molar refractivity (Wildman–Crippen MR) is 118 cm³/mol. The normalized spacial score (nSPS) is 15.5. The van der Waals surface area contributed by atoms with Gasteiger partial charge in [0.05, 0.1) is 5.56 Å². The van der Waals surface area contributed by atoms with Crippen molar-refractivity contribution in [1.29, 1.82) is 0 Å². The number of carbonyl (C=O) groups excluding carboxylic acids is 1. The lowest BCUT2D eigenvalue weighted by atomic mass is 10.1. The van der Waals surface area contributed by atoms with E-state index in [4.69, 9.17) is 9.97 Å². The zero-order valence-corrected chi connectivity index (χ0v) is 17.5. The van der Waals surface area contributed by atoms with Crippen molar-refractivity contribution >= 4 is 28.9 Å². The number of anilines is 2. The summed E-state index contributed by atoms with van der Waals surface area (Å²) in [6.45, 7) is 2.99. The van der Waals surface area contributed by atoms with Crippen LogP contribution in [-0.2, 0) is 13.0 Å². The Balaban J connectivity index is 1.23. The van der Waals surface area contributed by atoms with Crippen LogP contribution in [0.2, 0.25) is 0 Å². The molecule has 0 unspecified atom stereocenters. The van der Waals surface area contributed by atoms with Gasteiger partial charge in [0.1, 0.15) is 17.5 Å². The summed E-state index contributed by atoms with van der Waals surface area (Å²) in [5.41, 5.74) is 1.97. The van der Waals surface area contributed by atoms with Gasteiger partial charge >= 0.3 is 0 Å². The number of thiophene rings is 1. The monoisotopic (exact) mass is 420 g/mol. The van der Waals surface area contributed by atoms with E-state index in [1.807, 2.05) is 17.4 Å². The van der Waals surface area contributed by atoms with Gasteiger partial charge in [-0.1, -0.05) is 0 Å². The summed E-state index contributed by atoms with van der Waals surface area (Å²) < 4.78 is 0. The summed E-state index contributed by atoms with van der Waals surface area (Å²) in [6, 6.07) is 7.77. The lowest BCUT2D eigenvalue weighted by molar-refractivity contribution is 0.0955. The predicted octanol–water partition coefficient (Wildman–Crippen LogP) is 3.22. The summed E-state index contributed by atoms with van der Waals surface area (Å²) in [6.07, 6.45) is 6.62. The topological polar surface area (TPSA) is 83.0 Å².